The highest BCUT2D eigenvalue weighted by Crippen LogP contribution is 2.26. The van der Waals surface area contributed by atoms with Gasteiger partial charge in [0.2, 0.25) is 11.8 Å². The summed E-state index contributed by atoms with van der Waals surface area (Å²) in [6.07, 6.45) is 0. The fraction of sp³-hybridized carbons (Fsp3) is 0.333. The predicted octanol–water partition coefficient (Wildman–Crippen LogP) is 5.48. The molecule has 39 heavy (non-hydrogen) atoms. The number of hydrogen-bond donors (Lipinski definition) is 1. The van der Waals surface area contributed by atoms with Crippen LogP contribution >= 0.6 is 11.6 Å². The molecule has 0 saturated carbocycles. The van der Waals surface area contributed by atoms with E-state index in [2.05, 4.69) is 5.32 Å². The Labute approximate surface area is 236 Å². The first-order chi connectivity index (χ1) is 18.2. The summed E-state index contributed by atoms with van der Waals surface area (Å²) < 4.78 is 28.7. The minimum atomic E-state index is -4.14. The van der Waals surface area contributed by atoms with Gasteiger partial charge in [0.1, 0.15) is 12.6 Å². The normalized spacial score (nSPS) is 12.5. The number of halogens is 1. The van der Waals surface area contributed by atoms with Gasteiger partial charge in [0.15, 0.2) is 0 Å². The van der Waals surface area contributed by atoms with E-state index in [0.717, 1.165) is 21.0 Å². The highest BCUT2D eigenvalue weighted by Gasteiger charge is 2.33. The quantitative estimate of drug-likeness (QED) is 0.369. The van der Waals surface area contributed by atoms with E-state index >= 15 is 0 Å². The number of carbonyl (C=O) groups is 2. The van der Waals surface area contributed by atoms with Crippen LogP contribution in [0.15, 0.2) is 77.7 Å². The van der Waals surface area contributed by atoms with Crippen molar-refractivity contribution in [3.05, 3.63) is 94.5 Å². The maximum absolute atomic E-state index is 13.9. The van der Waals surface area contributed by atoms with E-state index in [9.17, 15) is 18.0 Å². The molecule has 0 spiro atoms. The zero-order valence-electron chi connectivity index (χ0n) is 23.2. The first kappa shape index (κ1) is 30.2. The Morgan fingerprint density at radius 3 is 2.10 bits per heavy atom. The highest BCUT2D eigenvalue weighted by atomic mass is 35.5. The zero-order valence-corrected chi connectivity index (χ0v) is 24.8. The van der Waals surface area contributed by atoms with Crippen LogP contribution in [0, 0.1) is 13.8 Å². The molecule has 0 saturated heterocycles. The third-order valence-electron chi connectivity index (χ3n) is 6.10. The smallest absolute Gasteiger partial charge is 0.264 e. The third kappa shape index (κ3) is 8.07. The maximum atomic E-state index is 13.9. The van der Waals surface area contributed by atoms with Crippen molar-refractivity contribution in [2.75, 3.05) is 10.8 Å². The van der Waals surface area contributed by atoms with E-state index in [1.807, 2.05) is 58.9 Å². The standard InChI is InChI=1S/C30H36ClN3O4S/c1-21-10-14-26(15-11-21)34(39(37,38)27-16-12-25(31)13-17-27)20-28(35)33(19-24-9-7-8-22(2)18-24)23(3)29(36)32-30(4,5)6/h7-18,23H,19-20H2,1-6H3,(H,32,36)/t23-/m1/s1. The number of amides is 2. The van der Waals surface area contributed by atoms with Gasteiger partial charge in [0, 0.05) is 17.1 Å². The van der Waals surface area contributed by atoms with Crippen molar-refractivity contribution in [2.45, 2.75) is 64.6 Å². The zero-order chi connectivity index (χ0) is 29.0. The number of hydrogen-bond acceptors (Lipinski definition) is 4. The second kappa shape index (κ2) is 12.2. The summed E-state index contributed by atoms with van der Waals surface area (Å²) in [5.41, 5.74) is 2.63. The van der Waals surface area contributed by atoms with Crippen molar-refractivity contribution < 1.29 is 18.0 Å². The molecule has 0 radical (unpaired) electrons. The third-order valence-corrected chi connectivity index (χ3v) is 8.14. The summed E-state index contributed by atoms with van der Waals surface area (Å²) in [6.45, 7) is 10.7. The largest absolute Gasteiger partial charge is 0.350 e. The lowest BCUT2D eigenvalue weighted by atomic mass is 10.1. The van der Waals surface area contributed by atoms with Gasteiger partial charge in [-0.2, -0.15) is 0 Å². The molecule has 3 rings (SSSR count). The van der Waals surface area contributed by atoms with E-state index < -0.39 is 34.1 Å². The molecular weight excluding hydrogens is 534 g/mol. The Bertz CT molecular complexity index is 1420. The van der Waals surface area contributed by atoms with Gasteiger partial charge in [-0.05, 0) is 83.5 Å². The van der Waals surface area contributed by atoms with E-state index in [-0.39, 0.29) is 17.3 Å². The lowest BCUT2D eigenvalue weighted by Gasteiger charge is -2.33. The topological polar surface area (TPSA) is 86.8 Å². The van der Waals surface area contributed by atoms with Crippen LogP contribution in [0.5, 0.6) is 0 Å². The molecule has 208 valence electrons. The molecule has 0 fully saturated rings. The van der Waals surface area contributed by atoms with Crippen LogP contribution in [-0.2, 0) is 26.2 Å². The fourth-order valence-electron chi connectivity index (χ4n) is 4.04. The first-order valence-electron chi connectivity index (χ1n) is 12.7. The SMILES string of the molecule is Cc1ccc(N(CC(=O)N(Cc2cccc(C)c2)[C@H](C)C(=O)NC(C)(C)C)S(=O)(=O)c2ccc(Cl)cc2)cc1. The second-order valence-corrected chi connectivity index (χ2v) is 13.0. The Morgan fingerprint density at radius 1 is 0.923 bits per heavy atom. The highest BCUT2D eigenvalue weighted by molar-refractivity contribution is 7.92. The summed E-state index contributed by atoms with van der Waals surface area (Å²) in [7, 11) is -4.14. The van der Waals surface area contributed by atoms with E-state index in [4.69, 9.17) is 11.6 Å². The summed E-state index contributed by atoms with van der Waals surface area (Å²) in [6, 6.07) is 19.5. The lowest BCUT2D eigenvalue weighted by Crippen LogP contribution is -2.54. The van der Waals surface area contributed by atoms with E-state index in [0.29, 0.717) is 10.7 Å². The molecule has 0 unspecified atom stereocenters. The number of benzene rings is 3. The molecule has 0 aliphatic heterocycles. The Kier molecular flexibility index (Phi) is 9.46. The molecule has 1 atom stereocenters. The van der Waals surface area contributed by atoms with Crippen LogP contribution in [0.2, 0.25) is 5.02 Å². The molecule has 3 aromatic carbocycles. The van der Waals surface area contributed by atoms with Gasteiger partial charge in [-0.1, -0.05) is 59.1 Å². The molecule has 0 aliphatic carbocycles. The number of nitrogens with zero attached hydrogens (tertiary/aromatic N) is 2. The van der Waals surface area contributed by atoms with Crippen molar-refractivity contribution in [3.63, 3.8) is 0 Å². The minimum Gasteiger partial charge on any atom is -0.350 e. The number of aryl methyl sites for hydroxylation is 2. The predicted molar refractivity (Wildman–Crippen MR) is 156 cm³/mol. The molecule has 0 bridgehead atoms. The van der Waals surface area contributed by atoms with Crippen LogP contribution in [0.4, 0.5) is 5.69 Å². The number of anilines is 1. The summed E-state index contributed by atoms with van der Waals surface area (Å²) in [5, 5.41) is 3.32. The molecule has 3 aromatic rings. The Morgan fingerprint density at radius 2 is 1.54 bits per heavy atom. The van der Waals surface area contributed by atoms with E-state index in [1.165, 1.54) is 29.2 Å². The number of rotatable bonds is 9. The molecule has 9 heteroatoms. The average Bonchev–Trinajstić information content (AvgIpc) is 2.85. The Hall–Kier alpha value is -3.36. The Balaban J connectivity index is 2.03. The van der Waals surface area contributed by atoms with Crippen LogP contribution < -0.4 is 9.62 Å². The van der Waals surface area contributed by atoms with Gasteiger partial charge in [-0.15, -0.1) is 0 Å². The first-order valence-corrected chi connectivity index (χ1v) is 14.5. The molecule has 0 aliphatic rings. The molecule has 2 amide bonds. The second-order valence-electron chi connectivity index (χ2n) is 10.7. The van der Waals surface area contributed by atoms with Crippen molar-refractivity contribution >= 4 is 39.1 Å². The van der Waals surface area contributed by atoms with Gasteiger partial charge in [0.25, 0.3) is 10.0 Å². The van der Waals surface area contributed by atoms with Crippen LogP contribution in [0.1, 0.15) is 44.4 Å². The molecule has 0 heterocycles. The summed E-state index contributed by atoms with van der Waals surface area (Å²) >= 11 is 5.99. The summed E-state index contributed by atoms with van der Waals surface area (Å²) in [4.78, 5) is 28.5. The maximum Gasteiger partial charge on any atom is 0.264 e. The van der Waals surface area contributed by atoms with Crippen molar-refractivity contribution in [1.82, 2.24) is 10.2 Å². The fourth-order valence-corrected chi connectivity index (χ4v) is 5.58. The van der Waals surface area contributed by atoms with Gasteiger partial charge in [-0.25, -0.2) is 8.42 Å². The number of sulfonamides is 1. The molecule has 1 N–H and O–H groups in total. The van der Waals surface area contributed by atoms with Crippen molar-refractivity contribution in [1.29, 1.82) is 0 Å². The van der Waals surface area contributed by atoms with Crippen LogP contribution in [0.25, 0.3) is 0 Å². The number of carbonyl (C=O) groups excluding carboxylic acids is 2. The van der Waals surface area contributed by atoms with Gasteiger partial charge < -0.3 is 10.2 Å². The van der Waals surface area contributed by atoms with Gasteiger partial charge in [-0.3, -0.25) is 13.9 Å². The van der Waals surface area contributed by atoms with Crippen LogP contribution in [-0.4, -0.2) is 43.3 Å². The van der Waals surface area contributed by atoms with Crippen molar-refractivity contribution in [3.8, 4) is 0 Å². The van der Waals surface area contributed by atoms with Crippen LogP contribution in [0.3, 0.4) is 0 Å². The van der Waals surface area contributed by atoms with Crippen molar-refractivity contribution in [2.24, 2.45) is 0 Å². The lowest BCUT2D eigenvalue weighted by molar-refractivity contribution is -0.140. The molecular formula is C30H36ClN3O4S. The molecule has 0 aromatic heterocycles. The van der Waals surface area contributed by atoms with E-state index in [1.54, 1.807) is 31.2 Å². The monoisotopic (exact) mass is 569 g/mol. The molecule has 7 nitrogen and oxygen atoms in total. The minimum absolute atomic E-state index is 0.00373. The number of nitrogens with one attached hydrogen (secondary N) is 1. The van der Waals surface area contributed by atoms with Gasteiger partial charge in [0.05, 0.1) is 10.6 Å². The summed E-state index contributed by atoms with van der Waals surface area (Å²) in [5.74, 6) is -0.836. The average molecular weight is 570 g/mol. The van der Waals surface area contributed by atoms with Gasteiger partial charge >= 0.3 is 0 Å².